The van der Waals surface area contributed by atoms with Crippen molar-refractivity contribution in [2.24, 2.45) is 0 Å². The number of para-hydroxylation sites is 1. The summed E-state index contributed by atoms with van der Waals surface area (Å²) in [6, 6.07) is 11.5. The van der Waals surface area contributed by atoms with Crippen molar-refractivity contribution in [3.63, 3.8) is 0 Å². The van der Waals surface area contributed by atoms with Gasteiger partial charge in [-0.2, -0.15) is 0 Å². The van der Waals surface area contributed by atoms with E-state index in [0.717, 1.165) is 0 Å². The van der Waals surface area contributed by atoms with Crippen LogP contribution in [0.15, 0.2) is 51.7 Å². The van der Waals surface area contributed by atoms with E-state index in [4.69, 9.17) is 13.9 Å². The zero-order chi connectivity index (χ0) is 20.1. The van der Waals surface area contributed by atoms with Gasteiger partial charge in [-0.25, -0.2) is 9.59 Å². The molecule has 0 aliphatic rings. The summed E-state index contributed by atoms with van der Waals surface area (Å²) in [6.45, 7) is 2.46. The lowest BCUT2D eigenvalue weighted by molar-refractivity contribution is 0.262. The summed E-state index contributed by atoms with van der Waals surface area (Å²) in [4.78, 5) is 24.9. The second-order valence-electron chi connectivity index (χ2n) is 5.85. The molecule has 1 heterocycles. The number of nitrogens with one attached hydrogen (secondary N) is 3. The number of carbonyl (C=O) groups excluding carboxylic acids is 1. The highest BCUT2D eigenvalue weighted by molar-refractivity contribution is 6.05. The highest BCUT2D eigenvalue weighted by atomic mass is 16.5. The van der Waals surface area contributed by atoms with E-state index < -0.39 is 11.7 Å². The summed E-state index contributed by atoms with van der Waals surface area (Å²) in [5.74, 6) is 1.04. The van der Waals surface area contributed by atoms with Gasteiger partial charge in [0.25, 0.3) is 0 Å². The van der Waals surface area contributed by atoms with Crippen LogP contribution in [-0.4, -0.2) is 26.8 Å². The van der Waals surface area contributed by atoms with Crippen LogP contribution in [0.3, 0.4) is 0 Å². The van der Waals surface area contributed by atoms with Gasteiger partial charge >= 0.3 is 11.7 Å². The molecule has 0 radical (unpaired) electrons. The standard InChI is InChI=1S/C20H21N3O5/c1-4-21-17-15-7-5-6-8-16(15)28-19(24)18(17)23-20(25)22-12-9-13(26-2)11-14(10-12)27-3/h5-11,21H,4H2,1-3H3,(H2,22,23,25). The second kappa shape index (κ2) is 8.34. The molecule has 3 aromatic rings. The van der Waals surface area contributed by atoms with Gasteiger partial charge in [-0.1, -0.05) is 12.1 Å². The highest BCUT2D eigenvalue weighted by Crippen LogP contribution is 2.29. The van der Waals surface area contributed by atoms with E-state index in [2.05, 4.69) is 16.0 Å². The number of hydrogen-bond donors (Lipinski definition) is 3. The number of hydrogen-bond acceptors (Lipinski definition) is 6. The molecule has 0 aliphatic carbocycles. The van der Waals surface area contributed by atoms with E-state index >= 15 is 0 Å². The molecule has 2 amide bonds. The van der Waals surface area contributed by atoms with E-state index in [1.54, 1.807) is 30.3 Å². The highest BCUT2D eigenvalue weighted by Gasteiger charge is 2.17. The van der Waals surface area contributed by atoms with Crippen LogP contribution in [0, 0.1) is 0 Å². The van der Waals surface area contributed by atoms with Crippen LogP contribution >= 0.6 is 0 Å². The van der Waals surface area contributed by atoms with Gasteiger partial charge in [0.15, 0.2) is 5.69 Å². The van der Waals surface area contributed by atoms with E-state index in [0.29, 0.717) is 40.4 Å². The van der Waals surface area contributed by atoms with Gasteiger partial charge < -0.3 is 24.5 Å². The first-order valence-electron chi connectivity index (χ1n) is 8.66. The Bertz CT molecular complexity index is 1040. The van der Waals surface area contributed by atoms with Crippen LogP contribution in [0.4, 0.5) is 21.9 Å². The fraction of sp³-hybridized carbons (Fsp3) is 0.200. The van der Waals surface area contributed by atoms with Crippen molar-refractivity contribution in [2.45, 2.75) is 6.92 Å². The summed E-state index contributed by atoms with van der Waals surface area (Å²) in [5, 5.41) is 9.06. The van der Waals surface area contributed by atoms with Crippen molar-refractivity contribution in [2.75, 3.05) is 36.7 Å². The van der Waals surface area contributed by atoms with E-state index in [1.807, 2.05) is 19.1 Å². The second-order valence-corrected chi connectivity index (χ2v) is 5.85. The summed E-state index contributed by atoms with van der Waals surface area (Å²) < 4.78 is 15.7. The third-order valence-corrected chi connectivity index (χ3v) is 4.01. The molecule has 3 N–H and O–H groups in total. The number of benzene rings is 2. The Hall–Kier alpha value is -3.68. The average molecular weight is 383 g/mol. The number of anilines is 3. The number of amides is 2. The molecule has 28 heavy (non-hydrogen) atoms. The van der Waals surface area contributed by atoms with Crippen LogP contribution in [0.5, 0.6) is 11.5 Å². The number of urea groups is 1. The normalized spacial score (nSPS) is 10.4. The van der Waals surface area contributed by atoms with E-state index in [9.17, 15) is 9.59 Å². The third kappa shape index (κ3) is 4.01. The molecule has 3 rings (SSSR count). The van der Waals surface area contributed by atoms with Gasteiger partial charge in [0, 0.05) is 35.8 Å². The van der Waals surface area contributed by atoms with Crippen LogP contribution in [0.25, 0.3) is 11.0 Å². The van der Waals surface area contributed by atoms with Crippen molar-refractivity contribution >= 4 is 34.1 Å². The van der Waals surface area contributed by atoms with Gasteiger partial charge in [0.1, 0.15) is 17.1 Å². The molecule has 0 unspecified atom stereocenters. The number of carbonyl (C=O) groups is 1. The van der Waals surface area contributed by atoms with Gasteiger partial charge in [-0.05, 0) is 19.1 Å². The Morgan fingerprint density at radius 1 is 1.00 bits per heavy atom. The molecule has 8 heteroatoms. The molecular formula is C20H21N3O5. The van der Waals surface area contributed by atoms with Crippen LogP contribution in [0.2, 0.25) is 0 Å². The minimum atomic E-state index is -0.645. The van der Waals surface area contributed by atoms with Gasteiger partial charge in [0.2, 0.25) is 0 Å². The molecule has 8 nitrogen and oxygen atoms in total. The molecule has 1 aromatic heterocycles. The maximum Gasteiger partial charge on any atom is 0.362 e. The lowest BCUT2D eigenvalue weighted by atomic mass is 10.2. The fourth-order valence-corrected chi connectivity index (χ4v) is 2.78. The number of ether oxygens (including phenoxy) is 2. The summed E-state index contributed by atoms with van der Waals surface area (Å²) in [5.41, 5.74) is 0.782. The summed E-state index contributed by atoms with van der Waals surface area (Å²) in [7, 11) is 3.03. The third-order valence-electron chi connectivity index (χ3n) is 4.01. The largest absolute Gasteiger partial charge is 0.497 e. The first kappa shape index (κ1) is 19.1. The van der Waals surface area contributed by atoms with E-state index in [-0.39, 0.29) is 5.69 Å². The molecule has 0 fully saturated rings. The average Bonchev–Trinajstić information content (AvgIpc) is 2.70. The van der Waals surface area contributed by atoms with Gasteiger partial charge in [0.05, 0.1) is 19.9 Å². The molecule has 0 bridgehead atoms. The molecule has 0 spiro atoms. The monoisotopic (exact) mass is 383 g/mol. The van der Waals surface area contributed by atoms with Crippen molar-refractivity contribution in [3.8, 4) is 11.5 Å². The molecule has 0 saturated heterocycles. The van der Waals surface area contributed by atoms with Crippen molar-refractivity contribution in [1.29, 1.82) is 0 Å². The van der Waals surface area contributed by atoms with Crippen LogP contribution in [-0.2, 0) is 0 Å². The fourth-order valence-electron chi connectivity index (χ4n) is 2.78. The molecule has 146 valence electrons. The topological polar surface area (TPSA) is 102 Å². The predicted molar refractivity (Wildman–Crippen MR) is 109 cm³/mol. The minimum absolute atomic E-state index is 0.0351. The first-order chi connectivity index (χ1) is 13.5. The molecule has 2 aromatic carbocycles. The Morgan fingerprint density at radius 2 is 1.68 bits per heavy atom. The Balaban J connectivity index is 1.92. The van der Waals surface area contributed by atoms with E-state index in [1.165, 1.54) is 14.2 Å². The number of rotatable bonds is 6. The maximum atomic E-state index is 12.5. The predicted octanol–water partition coefficient (Wildman–Crippen LogP) is 3.89. The van der Waals surface area contributed by atoms with Crippen molar-refractivity contribution < 1.29 is 18.7 Å². The van der Waals surface area contributed by atoms with Crippen LogP contribution < -0.4 is 31.0 Å². The molecule has 0 saturated carbocycles. The Labute approximate surface area is 161 Å². The molecule has 0 aliphatic heterocycles. The summed E-state index contributed by atoms with van der Waals surface area (Å²) >= 11 is 0. The first-order valence-corrected chi connectivity index (χ1v) is 8.66. The minimum Gasteiger partial charge on any atom is -0.497 e. The number of fused-ring (bicyclic) bond motifs is 1. The summed E-state index contributed by atoms with van der Waals surface area (Å²) in [6.07, 6.45) is 0. The van der Waals surface area contributed by atoms with Crippen LogP contribution in [0.1, 0.15) is 6.92 Å². The molecule has 0 atom stereocenters. The van der Waals surface area contributed by atoms with Crippen molar-refractivity contribution in [1.82, 2.24) is 0 Å². The Morgan fingerprint density at radius 3 is 2.32 bits per heavy atom. The molecular weight excluding hydrogens is 362 g/mol. The zero-order valence-corrected chi connectivity index (χ0v) is 15.8. The van der Waals surface area contributed by atoms with Gasteiger partial charge in [-0.15, -0.1) is 0 Å². The smallest absolute Gasteiger partial charge is 0.362 e. The van der Waals surface area contributed by atoms with Crippen molar-refractivity contribution in [3.05, 3.63) is 52.9 Å². The number of methoxy groups -OCH3 is 2. The van der Waals surface area contributed by atoms with Gasteiger partial charge in [-0.3, -0.25) is 5.32 Å². The Kier molecular flexibility index (Phi) is 5.69. The maximum absolute atomic E-state index is 12.5. The zero-order valence-electron chi connectivity index (χ0n) is 15.8. The lowest BCUT2D eigenvalue weighted by Gasteiger charge is -2.14. The lowest BCUT2D eigenvalue weighted by Crippen LogP contribution is -2.24. The quantitative estimate of drug-likeness (QED) is 0.558. The SMILES string of the molecule is CCNc1c(NC(=O)Nc2cc(OC)cc(OC)c2)c(=O)oc2ccccc12.